The number of anilines is 1. The van der Waals surface area contributed by atoms with Crippen LogP contribution in [0.1, 0.15) is 19.3 Å². The van der Waals surface area contributed by atoms with Crippen LogP contribution in [0.2, 0.25) is 5.02 Å². The van der Waals surface area contributed by atoms with E-state index in [1.807, 2.05) is 18.2 Å². The van der Waals surface area contributed by atoms with Gasteiger partial charge < -0.3 is 9.47 Å². The predicted molar refractivity (Wildman–Crippen MR) is 149 cm³/mol. The molecule has 0 radical (unpaired) electrons. The van der Waals surface area contributed by atoms with E-state index in [1.165, 1.54) is 27.8 Å². The molecular weight excluding hydrogens is 548 g/mol. The third kappa shape index (κ3) is 5.83. The number of rotatable bonds is 9. The number of fused-ring (bicyclic) bond motifs is 1. The molecule has 0 spiro atoms. The molecule has 5 rings (SSSR count). The first-order valence-corrected chi connectivity index (χ1v) is 15.3. The Bertz CT molecular complexity index is 1380. The van der Waals surface area contributed by atoms with E-state index < -0.39 is 16.1 Å². The second-order valence-electron chi connectivity index (χ2n) is 9.36. The van der Waals surface area contributed by atoms with E-state index in [0.717, 1.165) is 36.3 Å². The highest BCUT2D eigenvalue weighted by atomic mass is 35.5. The molecule has 0 N–H and O–H groups in total. The zero-order valence-corrected chi connectivity index (χ0v) is 23.6. The first kappa shape index (κ1) is 27.3. The second-order valence-corrected chi connectivity index (χ2v) is 12.7. The van der Waals surface area contributed by atoms with Gasteiger partial charge >= 0.3 is 0 Å². The number of carbonyl (C=O) groups excluding carboxylic acids is 1. The average molecular weight is 579 g/mol. The molecule has 1 unspecified atom stereocenters. The van der Waals surface area contributed by atoms with E-state index in [0.29, 0.717) is 55.0 Å². The summed E-state index contributed by atoms with van der Waals surface area (Å²) >= 11 is 7.39. The highest BCUT2D eigenvalue weighted by Gasteiger charge is 2.42. The first-order chi connectivity index (χ1) is 18.4. The molecule has 3 aromatic rings. The van der Waals surface area contributed by atoms with Gasteiger partial charge in [0, 0.05) is 37.7 Å². The Balaban J connectivity index is 1.42. The summed E-state index contributed by atoms with van der Waals surface area (Å²) < 4.78 is 40.1. The minimum atomic E-state index is -3.87. The van der Waals surface area contributed by atoms with Gasteiger partial charge in [-0.05, 0) is 61.7 Å². The van der Waals surface area contributed by atoms with Crippen molar-refractivity contribution < 1.29 is 22.7 Å². The van der Waals surface area contributed by atoms with Gasteiger partial charge in [-0.2, -0.15) is 4.31 Å². The van der Waals surface area contributed by atoms with Crippen LogP contribution in [0, 0.1) is 0 Å². The van der Waals surface area contributed by atoms with Crippen LogP contribution in [0.3, 0.4) is 0 Å². The standard InChI is InChI=1S/C26H31ClN4O5S2/c1-35-20-7-10-22-24(18-20)37-26(28-22)30(12-3-11-29-14-16-36-17-15-29)25(32)23-4-2-13-31(23)38(33,34)21-8-5-19(27)6-9-21/h5-10,18,23H,2-4,11-17H2,1H3. The fraction of sp³-hybridized carbons (Fsp3) is 0.462. The smallest absolute Gasteiger partial charge is 0.247 e. The number of benzene rings is 2. The minimum Gasteiger partial charge on any atom is -0.497 e. The number of hydrogen-bond donors (Lipinski definition) is 0. The van der Waals surface area contributed by atoms with E-state index in [1.54, 1.807) is 24.1 Å². The van der Waals surface area contributed by atoms with Crippen LogP contribution in [-0.4, -0.2) is 87.6 Å². The molecule has 2 aromatic carbocycles. The number of nitrogens with zero attached hydrogens (tertiary/aromatic N) is 4. The summed E-state index contributed by atoms with van der Waals surface area (Å²) in [5.74, 6) is 0.474. The quantitative estimate of drug-likeness (QED) is 0.381. The molecule has 2 saturated heterocycles. The van der Waals surface area contributed by atoms with Crippen LogP contribution >= 0.6 is 22.9 Å². The van der Waals surface area contributed by atoms with Gasteiger partial charge in [-0.1, -0.05) is 22.9 Å². The largest absolute Gasteiger partial charge is 0.497 e. The molecule has 2 aliphatic rings. The summed E-state index contributed by atoms with van der Waals surface area (Å²) in [6, 6.07) is 10.9. The number of amides is 1. The molecule has 0 saturated carbocycles. The SMILES string of the molecule is COc1ccc2nc(N(CCCN3CCOCC3)C(=O)C3CCCN3S(=O)(=O)c3ccc(Cl)cc3)sc2c1. The fourth-order valence-corrected chi connectivity index (χ4v) is 7.71. The van der Waals surface area contributed by atoms with Crippen molar-refractivity contribution in [1.29, 1.82) is 0 Å². The van der Waals surface area contributed by atoms with Gasteiger partial charge in [0.2, 0.25) is 15.9 Å². The van der Waals surface area contributed by atoms with E-state index >= 15 is 0 Å². The van der Waals surface area contributed by atoms with Crippen molar-refractivity contribution in [2.45, 2.75) is 30.2 Å². The van der Waals surface area contributed by atoms with Gasteiger partial charge in [-0.25, -0.2) is 13.4 Å². The van der Waals surface area contributed by atoms with Gasteiger partial charge in [0.15, 0.2) is 5.13 Å². The number of aromatic nitrogens is 1. The Labute approximate surface area is 231 Å². The second kappa shape index (κ2) is 11.8. The van der Waals surface area contributed by atoms with Crippen molar-refractivity contribution in [2.75, 3.05) is 57.9 Å². The molecule has 1 atom stereocenters. The maximum atomic E-state index is 14.1. The van der Waals surface area contributed by atoms with Gasteiger partial charge in [0.25, 0.3) is 0 Å². The van der Waals surface area contributed by atoms with Gasteiger partial charge in [-0.15, -0.1) is 0 Å². The molecule has 0 aliphatic carbocycles. The van der Waals surface area contributed by atoms with E-state index in [9.17, 15) is 13.2 Å². The number of carbonyl (C=O) groups is 1. The maximum absolute atomic E-state index is 14.1. The molecule has 9 nitrogen and oxygen atoms in total. The molecule has 204 valence electrons. The zero-order valence-electron chi connectivity index (χ0n) is 21.2. The van der Waals surface area contributed by atoms with Crippen molar-refractivity contribution in [3.05, 3.63) is 47.5 Å². The lowest BCUT2D eigenvalue weighted by atomic mass is 10.2. The Morgan fingerprint density at radius 2 is 1.95 bits per heavy atom. The van der Waals surface area contributed by atoms with Crippen molar-refractivity contribution in [1.82, 2.24) is 14.2 Å². The van der Waals surface area contributed by atoms with Crippen LogP contribution in [0.25, 0.3) is 10.2 Å². The Morgan fingerprint density at radius 1 is 1.18 bits per heavy atom. The lowest BCUT2D eigenvalue weighted by molar-refractivity contribution is -0.121. The topological polar surface area (TPSA) is 92.3 Å². The molecule has 1 amide bonds. The molecule has 12 heteroatoms. The summed E-state index contributed by atoms with van der Waals surface area (Å²) in [5, 5.41) is 1.02. The lowest BCUT2D eigenvalue weighted by Crippen LogP contribution is -2.48. The van der Waals surface area contributed by atoms with Crippen LogP contribution in [-0.2, 0) is 19.6 Å². The third-order valence-corrected chi connectivity index (χ3v) is 10.2. The highest BCUT2D eigenvalue weighted by Crippen LogP contribution is 2.34. The fourth-order valence-electron chi connectivity index (χ4n) is 4.91. The summed E-state index contributed by atoms with van der Waals surface area (Å²) in [7, 11) is -2.25. The zero-order chi connectivity index (χ0) is 26.7. The number of methoxy groups -OCH3 is 1. The van der Waals surface area contributed by atoms with Crippen LogP contribution < -0.4 is 9.64 Å². The Kier molecular flexibility index (Phi) is 8.51. The average Bonchev–Trinajstić information content (AvgIpc) is 3.59. The molecule has 2 aliphatic heterocycles. The van der Waals surface area contributed by atoms with Crippen molar-refractivity contribution in [3.63, 3.8) is 0 Å². The summed E-state index contributed by atoms with van der Waals surface area (Å²) in [6.07, 6.45) is 1.81. The van der Waals surface area contributed by atoms with Gasteiger partial charge in [0.05, 0.1) is 35.4 Å². The number of ether oxygens (including phenoxy) is 2. The summed E-state index contributed by atoms with van der Waals surface area (Å²) in [4.78, 5) is 23.0. The third-order valence-electron chi connectivity index (χ3n) is 6.95. The first-order valence-electron chi connectivity index (χ1n) is 12.7. The number of sulfonamides is 1. The number of morpholine rings is 1. The van der Waals surface area contributed by atoms with E-state index in [4.69, 9.17) is 26.1 Å². The van der Waals surface area contributed by atoms with Crippen LogP contribution in [0.15, 0.2) is 47.4 Å². The van der Waals surface area contributed by atoms with Crippen molar-refractivity contribution in [2.24, 2.45) is 0 Å². The Morgan fingerprint density at radius 3 is 2.68 bits per heavy atom. The summed E-state index contributed by atoms with van der Waals surface area (Å²) in [5.41, 5.74) is 0.772. The van der Waals surface area contributed by atoms with E-state index in [-0.39, 0.29) is 10.8 Å². The molecular formula is C26H31ClN4O5S2. The van der Waals surface area contributed by atoms with Crippen LogP contribution in [0.4, 0.5) is 5.13 Å². The molecule has 38 heavy (non-hydrogen) atoms. The number of thiazole rings is 1. The summed E-state index contributed by atoms with van der Waals surface area (Å²) in [6.45, 7) is 4.71. The maximum Gasteiger partial charge on any atom is 0.247 e. The lowest BCUT2D eigenvalue weighted by Gasteiger charge is -2.30. The van der Waals surface area contributed by atoms with Gasteiger partial charge in [0.1, 0.15) is 11.8 Å². The normalized spacial score (nSPS) is 19.2. The Hall–Kier alpha value is -2.28. The van der Waals surface area contributed by atoms with E-state index in [2.05, 4.69) is 4.90 Å². The van der Waals surface area contributed by atoms with Crippen molar-refractivity contribution in [3.8, 4) is 5.75 Å². The molecule has 3 heterocycles. The monoisotopic (exact) mass is 578 g/mol. The highest BCUT2D eigenvalue weighted by molar-refractivity contribution is 7.89. The molecule has 2 fully saturated rings. The van der Waals surface area contributed by atoms with Crippen molar-refractivity contribution >= 4 is 54.2 Å². The minimum absolute atomic E-state index is 0.132. The van der Waals surface area contributed by atoms with Crippen LogP contribution in [0.5, 0.6) is 5.75 Å². The molecule has 0 bridgehead atoms. The van der Waals surface area contributed by atoms with Gasteiger partial charge in [-0.3, -0.25) is 14.6 Å². The predicted octanol–water partition coefficient (Wildman–Crippen LogP) is 3.87. The number of halogens is 1. The number of hydrogen-bond acceptors (Lipinski definition) is 8. The molecule has 1 aromatic heterocycles.